The molecule has 32 heavy (non-hydrogen) atoms. The minimum Gasteiger partial charge on any atom is -0.454 e. The summed E-state index contributed by atoms with van der Waals surface area (Å²) in [6.45, 7) is 2.29. The lowest BCUT2D eigenvalue weighted by Crippen LogP contribution is -2.23. The molecular formula is C27H25NO4. The van der Waals surface area contributed by atoms with Crippen LogP contribution in [-0.4, -0.2) is 25.5 Å². The van der Waals surface area contributed by atoms with Crippen LogP contribution in [0.5, 0.6) is 11.5 Å². The largest absolute Gasteiger partial charge is 0.454 e. The van der Waals surface area contributed by atoms with Crippen molar-refractivity contribution < 1.29 is 19.1 Å². The van der Waals surface area contributed by atoms with Gasteiger partial charge in [-0.1, -0.05) is 36.4 Å². The monoisotopic (exact) mass is 427 g/mol. The molecule has 1 fully saturated rings. The van der Waals surface area contributed by atoms with E-state index in [9.17, 15) is 9.59 Å². The topological polar surface area (TPSA) is 64.6 Å². The summed E-state index contributed by atoms with van der Waals surface area (Å²) in [5, 5.41) is 2.64. The highest BCUT2D eigenvalue weighted by Gasteiger charge is 2.50. The molecule has 5 nitrogen and oxygen atoms in total. The number of nitrogens with one attached hydrogen (secondary N) is 1. The van der Waals surface area contributed by atoms with Crippen LogP contribution in [0.2, 0.25) is 0 Å². The summed E-state index contributed by atoms with van der Waals surface area (Å²) >= 11 is 0. The number of hydrogen-bond donors (Lipinski definition) is 1. The van der Waals surface area contributed by atoms with Gasteiger partial charge in [-0.15, -0.1) is 0 Å². The van der Waals surface area contributed by atoms with Gasteiger partial charge < -0.3 is 14.8 Å². The van der Waals surface area contributed by atoms with Crippen LogP contribution in [0, 0.1) is 6.92 Å². The Morgan fingerprint density at radius 2 is 1.72 bits per heavy atom. The number of rotatable bonds is 6. The maximum atomic E-state index is 13.4. The SMILES string of the molecule is CNC(=O)c1ccc(-c2cccc(CC(=O)C3(c4ccc5c(c4)OCO5)CC3)c2C)cc1. The minimum atomic E-state index is -0.418. The number of amides is 1. The fraction of sp³-hybridized carbons (Fsp3) is 0.259. The van der Waals surface area contributed by atoms with Gasteiger partial charge in [0, 0.05) is 19.0 Å². The maximum Gasteiger partial charge on any atom is 0.251 e. The molecule has 0 bridgehead atoms. The van der Waals surface area contributed by atoms with Gasteiger partial charge in [0.1, 0.15) is 5.78 Å². The molecule has 162 valence electrons. The van der Waals surface area contributed by atoms with E-state index in [1.54, 1.807) is 7.05 Å². The number of carbonyl (C=O) groups excluding carboxylic acids is 2. The van der Waals surface area contributed by atoms with Gasteiger partial charge in [0.25, 0.3) is 5.91 Å². The Balaban J connectivity index is 1.39. The van der Waals surface area contributed by atoms with Crippen LogP contribution in [0.15, 0.2) is 60.7 Å². The molecule has 1 amide bonds. The molecule has 0 atom stereocenters. The Labute approximate surface area is 187 Å². The molecular weight excluding hydrogens is 402 g/mol. The highest BCUT2D eigenvalue weighted by atomic mass is 16.7. The molecule has 2 aliphatic rings. The number of carbonyl (C=O) groups is 2. The smallest absolute Gasteiger partial charge is 0.251 e. The summed E-state index contributed by atoms with van der Waals surface area (Å²) < 4.78 is 10.9. The molecule has 1 N–H and O–H groups in total. The first-order valence-corrected chi connectivity index (χ1v) is 10.9. The van der Waals surface area contributed by atoms with E-state index in [-0.39, 0.29) is 18.5 Å². The first kappa shape index (κ1) is 20.3. The average Bonchev–Trinajstić information content (AvgIpc) is 3.51. The molecule has 1 heterocycles. The van der Waals surface area contributed by atoms with Crippen molar-refractivity contribution in [1.82, 2.24) is 5.32 Å². The summed E-state index contributed by atoms with van der Waals surface area (Å²) in [7, 11) is 1.62. The van der Waals surface area contributed by atoms with E-state index in [1.165, 1.54) is 0 Å². The van der Waals surface area contributed by atoms with Crippen LogP contribution < -0.4 is 14.8 Å². The Hall–Kier alpha value is -3.60. The molecule has 1 aliphatic heterocycles. The van der Waals surface area contributed by atoms with E-state index in [0.717, 1.165) is 52.2 Å². The van der Waals surface area contributed by atoms with E-state index in [1.807, 2.05) is 54.6 Å². The molecule has 0 unspecified atom stereocenters. The van der Waals surface area contributed by atoms with Crippen LogP contribution >= 0.6 is 0 Å². The molecule has 3 aromatic rings. The normalized spacial score (nSPS) is 15.3. The highest BCUT2D eigenvalue weighted by molar-refractivity contribution is 5.96. The van der Waals surface area contributed by atoms with Crippen LogP contribution in [0.25, 0.3) is 11.1 Å². The lowest BCUT2D eigenvalue weighted by atomic mass is 9.85. The Morgan fingerprint density at radius 1 is 0.969 bits per heavy atom. The third-order valence-corrected chi connectivity index (χ3v) is 6.69. The van der Waals surface area contributed by atoms with Gasteiger partial charge in [-0.25, -0.2) is 0 Å². The summed E-state index contributed by atoms with van der Waals surface area (Å²) in [6, 6.07) is 19.5. The Morgan fingerprint density at radius 3 is 2.44 bits per heavy atom. The Bertz CT molecular complexity index is 1210. The minimum absolute atomic E-state index is 0.106. The predicted octanol–water partition coefficient (Wildman–Crippen LogP) is 4.59. The van der Waals surface area contributed by atoms with E-state index in [4.69, 9.17) is 9.47 Å². The summed E-state index contributed by atoms with van der Waals surface area (Å²) in [4.78, 5) is 25.3. The number of benzene rings is 3. The van der Waals surface area contributed by atoms with Crippen molar-refractivity contribution >= 4 is 11.7 Å². The fourth-order valence-electron chi connectivity index (χ4n) is 4.52. The number of ketones is 1. The molecule has 1 aliphatic carbocycles. The average molecular weight is 428 g/mol. The molecule has 0 aromatic heterocycles. The van der Waals surface area contributed by atoms with Crippen molar-refractivity contribution in [3.63, 3.8) is 0 Å². The van der Waals surface area contributed by atoms with E-state index in [2.05, 4.69) is 18.3 Å². The second kappa shape index (κ2) is 7.83. The van der Waals surface area contributed by atoms with E-state index in [0.29, 0.717) is 12.0 Å². The Kier molecular flexibility index (Phi) is 4.97. The second-order valence-corrected chi connectivity index (χ2v) is 8.50. The van der Waals surface area contributed by atoms with Crippen molar-refractivity contribution in [3.05, 3.63) is 82.9 Å². The summed E-state index contributed by atoms with van der Waals surface area (Å²) in [5.74, 6) is 1.60. The molecule has 0 radical (unpaired) electrons. The quantitative estimate of drug-likeness (QED) is 0.625. The van der Waals surface area contributed by atoms with Gasteiger partial charge in [-0.2, -0.15) is 0 Å². The predicted molar refractivity (Wildman–Crippen MR) is 122 cm³/mol. The zero-order valence-corrected chi connectivity index (χ0v) is 18.2. The van der Waals surface area contributed by atoms with Crippen LogP contribution in [0.4, 0.5) is 0 Å². The number of hydrogen-bond acceptors (Lipinski definition) is 4. The van der Waals surface area contributed by atoms with Crippen molar-refractivity contribution in [2.75, 3.05) is 13.8 Å². The zero-order chi connectivity index (χ0) is 22.3. The van der Waals surface area contributed by atoms with Gasteiger partial charge in [-0.05, 0) is 71.8 Å². The van der Waals surface area contributed by atoms with Crippen molar-refractivity contribution in [2.24, 2.45) is 0 Å². The molecule has 0 spiro atoms. The van der Waals surface area contributed by atoms with Gasteiger partial charge in [0.2, 0.25) is 6.79 Å². The second-order valence-electron chi connectivity index (χ2n) is 8.50. The van der Waals surface area contributed by atoms with Crippen molar-refractivity contribution in [2.45, 2.75) is 31.6 Å². The molecule has 5 rings (SSSR count). The van der Waals surface area contributed by atoms with Gasteiger partial charge >= 0.3 is 0 Å². The highest BCUT2D eigenvalue weighted by Crippen LogP contribution is 2.51. The number of ether oxygens (including phenoxy) is 2. The van der Waals surface area contributed by atoms with Gasteiger partial charge in [-0.3, -0.25) is 9.59 Å². The molecule has 5 heteroatoms. The molecule has 0 saturated heterocycles. The number of Topliss-reactive ketones (excluding diaryl/α,β-unsaturated/α-hetero) is 1. The van der Waals surface area contributed by atoms with Crippen molar-refractivity contribution in [3.8, 4) is 22.6 Å². The maximum absolute atomic E-state index is 13.4. The fourth-order valence-corrected chi connectivity index (χ4v) is 4.52. The van der Waals surface area contributed by atoms with Gasteiger partial charge in [0.05, 0.1) is 5.41 Å². The molecule has 1 saturated carbocycles. The van der Waals surface area contributed by atoms with Crippen molar-refractivity contribution in [1.29, 1.82) is 0 Å². The standard InChI is InChI=1S/C27H25NO4/c1-17-20(4-3-5-22(17)18-6-8-19(9-7-18)26(30)28-2)14-25(29)27(12-13-27)21-10-11-23-24(15-21)32-16-31-23/h3-11,15H,12-14,16H2,1-2H3,(H,28,30). The summed E-state index contributed by atoms with van der Waals surface area (Å²) in [5.41, 5.74) is 5.46. The lowest BCUT2D eigenvalue weighted by Gasteiger charge is -2.17. The third kappa shape index (κ3) is 3.44. The summed E-state index contributed by atoms with van der Waals surface area (Å²) in [6.07, 6.45) is 2.13. The van der Waals surface area contributed by atoms with Crippen LogP contribution in [0.1, 0.15) is 39.9 Å². The van der Waals surface area contributed by atoms with Crippen LogP contribution in [-0.2, 0) is 16.6 Å². The third-order valence-electron chi connectivity index (χ3n) is 6.69. The van der Waals surface area contributed by atoms with E-state index >= 15 is 0 Å². The first-order chi connectivity index (χ1) is 15.5. The van der Waals surface area contributed by atoms with Gasteiger partial charge in [0.15, 0.2) is 11.5 Å². The lowest BCUT2D eigenvalue weighted by molar-refractivity contribution is -0.120. The number of fused-ring (bicyclic) bond motifs is 1. The van der Waals surface area contributed by atoms with Crippen LogP contribution in [0.3, 0.4) is 0 Å². The molecule has 3 aromatic carbocycles. The zero-order valence-electron chi connectivity index (χ0n) is 18.2. The van der Waals surface area contributed by atoms with E-state index < -0.39 is 5.41 Å². The first-order valence-electron chi connectivity index (χ1n) is 10.9.